The van der Waals surface area contributed by atoms with Crippen molar-refractivity contribution in [3.63, 3.8) is 0 Å². The molecular weight excluding hydrogens is 442 g/mol. The summed E-state index contributed by atoms with van der Waals surface area (Å²) in [6, 6.07) is 9.34. The Morgan fingerprint density at radius 3 is 2.45 bits per heavy atom. The Morgan fingerprint density at radius 2 is 1.79 bits per heavy atom. The molecule has 1 saturated heterocycles. The smallest absolute Gasteiger partial charge is 0.171 e. The van der Waals surface area contributed by atoms with Crippen molar-refractivity contribution in [3.8, 4) is 0 Å². The fraction of sp³-hybridized carbons (Fsp3) is 0.316. The van der Waals surface area contributed by atoms with Gasteiger partial charge in [-0.15, -0.1) is 0 Å². The summed E-state index contributed by atoms with van der Waals surface area (Å²) in [6.45, 7) is -0.438. The van der Waals surface area contributed by atoms with Crippen LogP contribution >= 0.6 is 35.0 Å². The summed E-state index contributed by atoms with van der Waals surface area (Å²) < 4.78 is 20.5. The van der Waals surface area contributed by atoms with Crippen molar-refractivity contribution in [1.29, 1.82) is 0 Å². The minimum Gasteiger partial charge on any atom is -0.394 e. The molecule has 4 atom stereocenters. The van der Waals surface area contributed by atoms with Crippen LogP contribution in [0.4, 0.5) is 4.39 Å². The second-order valence-electron chi connectivity index (χ2n) is 6.66. The third-order valence-electron chi connectivity index (χ3n) is 4.75. The van der Waals surface area contributed by atoms with Crippen LogP contribution in [0.5, 0.6) is 0 Å². The Hall–Kier alpha value is -1.39. The van der Waals surface area contributed by atoms with E-state index in [0.717, 1.165) is 5.56 Å². The van der Waals surface area contributed by atoms with E-state index in [9.17, 15) is 19.7 Å². The van der Waals surface area contributed by atoms with Crippen LogP contribution in [0.2, 0.25) is 10.0 Å². The average Bonchev–Trinajstić information content (AvgIpc) is 3.18. The molecule has 0 aliphatic carbocycles. The van der Waals surface area contributed by atoms with Crippen molar-refractivity contribution in [2.45, 2.75) is 35.4 Å². The predicted octanol–water partition coefficient (Wildman–Crippen LogP) is 3.39. The second-order valence-corrected chi connectivity index (χ2v) is 8.42. The number of rotatable bonds is 5. The molecule has 154 valence electrons. The predicted molar refractivity (Wildman–Crippen MR) is 109 cm³/mol. The van der Waals surface area contributed by atoms with E-state index >= 15 is 0 Å². The molecule has 0 saturated carbocycles. The lowest BCUT2D eigenvalue weighted by Crippen LogP contribution is -2.33. The number of ether oxygens (including phenoxy) is 1. The van der Waals surface area contributed by atoms with Gasteiger partial charge in [0.15, 0.2) is 11.4 Å². The van der Waals surface area contributed by atoms with Crippen LogP contribution in [0.1, 0.15) is 11.8 Å². The van der Waals surface area contributed by atoms with Gasteiger partial charge in [-0.05, 0) is 29.8 Å². The quantitative estimate of drug-likeness (QED) is 0.508. The average molecular weight is 459 g/mol. The van der Waals surface area contributed by atoms with Gasteiger partial charge in [0.05, 0.1) is 27.7 Å². The van der Waals surface area contributed by atoms with Crippen LogP contribution < -0.4 is 0 Å². The highest BCUT2D eigenvalue weighted by molar-refractivity contribution is 7.98. The molecule has 1 aromatic heterocycles. The van der Waals surface area contributed by atoms with Crippen molar-refractivity contribution in [2.24, 2.45) is 0 Å². The van der Waals surface area contributed by atoms with Gasteiger partial charge in [-0.2, -0.15) is 0 Å². The number of aromatic nitrogens is 2. The maximum Gasteiger partial charge on any atom is 0.171 e. The van der Waals surface area contributed by atoms with Crippen LogP contribution in [0, 0.1) is 5.82 Å². The number of hydrogen-bond donors (Lipinski definition) is 3. The molecule has 1 fully saturated rings. The van der Waals surface area contributed by atoms with Crippen molar-refractivity contribution in [1.82, 2.24) is 9.55 Å². The molecule has 0 spiro atoms. The molecule has 10 heteroatoms. The number of aliphatic hydroxyl groups is 3. The van der Waals surface area contributed by atoms with Crippen LogP contribution in [-0.2, 0) is 10.5 Å². The number of halogens is 3. The molecule has 3 N–H and O–H groups in total. The normalized spacial score (nSPS) is 24.5. The molecule has 6 nitrogen and oxygen atoms in total. The van der Waals surface area contributed by atoms with Gasteiger partial charge < -0.3 is 20.1 Å². The number of benzene rings is 2. The van der Waals surface area contributed by atoms with E-state index < -0.39 is 31.1 Å². The van der Waals surface area contributed by atoms with Gasteiger partial charge in [0, 0.05) is 5.75 Å². The fourth-order valence-electron chi connectivity index (χ4n) is 3.24. The first-order chi connectivity index (χ1) is 13.9. The number of nitrogens with zero attached hydrogens (tertiary/aromatic N) is 2. The molecule has 29 heavy (non-hydrogen) atoms. The largest absolute Gasteiger partial charge is 0.394 e. The van der Waals surface area contributed by atoms with Gasteiger partial charge >= 0.3 is 0 Å². The summed E-state index contributed by atoms with van der Waals surface area (Å²) in [5.41, 5.74) is 1.99. The number of aliphatic hydroxyl groups excluding tert-OH is 3. The summed E-state index contributed by atoms with van der Waals surface area (Å²) in [6.07, 6.45) is -4.42. The molecule has 1 unspecified atom stereocenters. The highest BCUT2D eigenvalue weighted by atomic mass is 35.5. The summed E-state index contributed by atoms with van der Waals surface area (Å²) in [5.74, 6) is 0.168. The number of fused-ring (bicyclic) bond motifs is 1. The van der Waals surface area contributed by atoms with E-state index in [4.69, 9.17) is 27.9 Å². The monoisotopic (exact) mass is 458 g/mol. The molecule has 0 radical (unpaired) electrons. The highest BCUT2D eigenvalue weighted by Gasteiger charge is 2.44. The number of imidazole rings is 1. The molecule has 1 aliphatic rings. The zero-order valence-corrected chi connectivity index (χ0v) is 17.2. The molecule has 1 aliphatic heterocycles. The summed E-state index contributed by atoms with van der Waals surface area (Å²) in [5, 5.41) is 31.2. The van der Waals surface area contributed by atoms with E-state index in [1.54, 1.807) is 28.8 Å². The molecule has 0 amide bonds. The van der Waals surface area contributed by atoms with Crippen LogP contribution in [-0.4, -0.2) is 49.8 Å². The summed E-state index contributed by atoms with van der Waals surface area (Å²) in [4.78, 5) is 4.58. The molecular formula is C19H17Cl2FN2O4S. The Morgan fingerprint density at radius 1 is 1.10 bits per heavy atom. The molecule has 2 heterocycles. The van der Waals surface area contributed by atoms with Crippen molar-refractivity contribution >= 4 is 46.0 Å². The van der Waals surface area contributed by atoms with E-state index in [-0.39, 0.29) is 5.82 Å². The first-order valence-corrected chi connectivity index (χ1v) is 10.5. The molecule has 4 rings (SSSR count). The maximum absolute atomic E-state index is 13.1. The number of thioether (sulfide) groups is 1. The zero-order valence-electron chi connectivity index (χ0n) is 14.9. The fourth-order valence-corrected chi connectivity index (χ4v) is 4.55. The minimum absolute atomic E-state index is 0.308. The lowest BCUT2D eigenvalue weighted by atomic mass is 10.1. The van der Waals surface area contributed by atoms with Crippen molar-refractivity contribution in [3.05, 3.63) is 57.8 Å². The Bertz CT molecular complexity index is 1030. The van der Waals surface area contributed by atoms with E-state index in [2.05, 4.69) is 4.98 Å². The maximum atomic E-state index is 13.1. The third kappa shape index (κ3) is 3.98. The lowest BCUT2D eigenvalue weighted by molar-refractivity contribution is -0.0546. The van der Waals surface area contributed by atoms with E-state index in [1.165, 1.54) is 23.9 Å². The molecule has 3 aromatic rings. The summed E-state index contributed by atoms with van der Waals surface area (Å²) in [7, 11) is 0. The van der Waals surface area contributed by atoms with Gasteiger partial charge in [0.2, 0.25) is 0 Å². The standard InChI is InChI=1S/C19H17Cl2FN2O4S/c20-11-5-13-14(6-12(11)21)24(18-17(27)16(26)15(7-25)28-18)19(23-13)29-8-9-1-3-10(22)4-2-9/h1-6,15-18,25-27H,7-8H2/t15-,16-,17-,18?/m1/s1. The van der Waals surface area contributed by atoms with Gasteiger partial charge in [-0.25, -0.2) is 9.37 Å². The van der Waals surface area contributed by atoms with Crippen LogP contribution in [0.25, 0.3) is 11.0 Å². The molecule has 2 aromatic carbocycles. The summed E-state index contributed by atoms with van der Waals surface area (Å²) >= 11 is 13.6. The van der Waals surface area contributed by atoms with E-state index in [0.29, 0.717) is 32.0 Å². The highest BCUT2D eigenvalue weighted by Crippen LogP contribution is 2.39. The lowest BCUT2D eigenvalue weighted by Gasteiger charge is -2.20. The first kappa shape index (κ1) is 20.9. The van der Waals surface area contributed by atoms with Crippen molar-refractivity contribution in [2.75, 3.05) is 6.61 Å². The van der Waals surface area contributed by atoms with Gasteiger partial charge in [-0.1, -0.05) is 47.1 Å². The van der Waals surface area contributed by atoms with E-state index in [1.807, 2.05) is 0 Å². The SMILES string of the molecule is OC[C@H]1OC(n2c(SCc3ccc(F)cc3)nc3cc(Cl)c(Cl)cc32)[C@H](O)[C@@H]1O. The number of hydrogen-bond acceptors (Lipinski definition) is 6. The topological polar surface area (TPSA) is 87.7 Å². The Balaban J connectivity index is 1.74. The Kier molecular flexibility index (Phi) is 6.04. The van der Waals surface area contributed by atoms with Gasteiger partial charge in [0.1, 0.15) is 24.1 Å². The van der Waals surface area contributed by atoms with Crippen LogP contribution in [0.3, 0.4) is 0 Å². The van der Waals surface area contributed by atoms with Gasteiger partial charge in [-0.3, -0.25) is 4.57 Å². The first-order valence-electron chi connectivity index (χ1n) is 8.75. The molecule has 0 bridgehead atoms. The minimum atomic E-state index is -1.27. The zero-order chi connectivity index (χ0) is 20.7. The Labute approximate surface area is 179 Å². The van der Waals surface area contributed by atoms with Crippen molar-refractivity contribution < 1.29 is 24.4 Å². The van der Waals surface area contributed by atoms with Gasteiger partial charge in [0.25, 0.3) is 0 Å². The second kappa shape index (κ2) is 8.39. The third-order valence-corrected chi connectivity index (χ3v) is 6.50. The van der Waals surface area contributed by atoms with Crippen LogP contribution in [0.15, 0.2) is 41.6 Å².